The molecule has 0 aliphatic rings. The van der Waals surface area contributed by atoms with E-state index in [-0.39, 0.29) is 0 Å². The second-order valence-electron chi connectivity index (χ2n) is 2.62. The van der Waals surface area contributed by atoms with Gasteiger partial charge >= 0.3 is 0 Å². The molecule has 0 N–H and O–H groups in total. The average Bonchev–Trinajstić information content (AvgIpc) is 1.89. The zero-order valence-electron chi connectivity index (χ0n) is 6.77. The van der Waals surface area contributed by atoms with Gasteiger partial charge < -0.3 is 4.57 Å². The summed E-state index contributed by atoms with van der Waals surface area (Å²) >= 11 is 5.60. The van der Waals surface area contributed by atoms with E-state index < -0.39 is 7.14 Å². The molecule has 0 fully saturated rings. The molecule has 0 unspecified atom stereocenters. The number of hydrogen-bond acceptors (Lipinski definition) is 1. The van der Waals surface area contributed by atoms with Crippen LogP contribution in [-0.4, -0.2) is 17.9 Å². The van der Waals surface area contributed by atoms with Crippen LogP contribution in [0.5, 0.6) is 0 Å². The lowest BCUT2D eigenvalue weighted by molar-refractivity contribution is 0.575. The van der Waals surface area contributed by atoms with Gasteiger partial charge in [-0.05, 0) is 12.8 Å². The molecule has 10 heavy (non-hydrogen) atoms. The molecule has 0 aromatic heterocycles. The van der Waals surface area contributed by atoms with E-state index in [2.05, 4.69) is 13.8 Å². The molecule has 0 rings (SSSR count). The zero-order valence-corrected chi connectivity index (χ0v) is 8.42. The highest BCUT2D eigenvalue weighted by molar-refractivity contribution is 7.65. The van der Waals surface area contributed by atoms with E-state index in [4.69, 9.17) is 11.6 Å². The fourth-order valence-electron chi connectivity index (χ4n) is 1.05. The molecule has 0 atom stereocenters. The van der Waals surface area contributed by atoms with E-state index in [0.717, 1.165) is 25.2 Å². The summed E-state index contributed by atoms with van der Waals surface area (Å²) in [7, 11) is -1.93. The molecule has 0 aliphatic heterocycles. The maximum Gasteiger partial charge on any atom is 0.102 e. The summed E-state index contributed by atoms with van der Waals surface area (Å²) < 4.78 is 11.7. The van der Waals surface area contributed by atoms with Crippen molar-refractivity contribution < 1.29 is 4.57 Å². The fourth-order valence-corrected chi connectivity index (χ4v) is 3.86. The summed E-state index contributed by atoms with van der Waals surface area (Å²) in [5.74, 6) is 0. The molecule has 0 aliphatic carbocycles. The summed E-state index contributed by atoms with van der Waals surface area (Å²) in [6.45, 7) is 4.10. The summed E-state index contributed by atoms with van der Waals surface area (Å²) in [6.07, 6.45) is 3.63. The Morgan fingerprint density at radius 3 is 1.80 bits per heavy atom. The van der Waals surface area contributed by atoms with Crippen LogP contribution in [0.25, 0.3) is 0 Å². The van der Waals surface area contributed by atoms with Crippen LogP contribution < -0.4 is 0 Å². The molecular formula is C7H16ClOP. The van der Waals surface area contributed by atoms with Gasteiger partial charge in [0.05, 0.1) is 5.62 Å². The first-order chi connectivity index (χ1) is 4.68. The predicted molar refractivity (Wildman–Crippen MR) is 48.6 cm³/mol. The SMILES string of the molecule is CCCP(=O)(CCl)CCC. The van der Waals surface area contributed by atoms with Crippen molar-refractivity contribution in [1.29, 1.82) is 0 Å². The number of halogens is 1. The van der Waals surface area contributed by atoms with Crippen LogP contribution in [-0.2, 0) is 4.57 Å². The van der Waals surface area contributed by atoms with Gasteiger partial charge in [0.2, 0.25) is 0 Å². The van der Waals surface area contributed by atoms with Gasteiger partial charge in [-0.2, -0.15) is 0 Å². The van der Waals surface area contributed by atoms with Crippen LogP contribution >= 0.6 is 18.7 Å². The normalized spacial score (nSPS) is 11.9. The molecule has 0 saturated heterocycles. The van der Waals surface area contributed by atoms with E-state index in [0.29, 0.717) is 5.62 Å². The minimum Gasteiger partial charge on any atom is -0.322 e. The second kappa shape index (κ2) is 5.21. The Labute approximate surface area is 68.5 Å². The Bertz CT molecular complexity index is 115. The first kappa shape index (κ1) is 10.5. The van der Waals surface area contributed by atoms with Crippen LogP contribution in [0.4, 0.5) is 0 Å². The van der Waals surface area contributed by atoms with Crippen molar-refractivity contribution in [2.75, 3.05) is 17.9 Å². The Morgan fingerprint density at radius 2 is 1.60 bits per heavy atom. The molecule has 62 valence electrons. The molecular weight excluding hydrogens is 167 g/mol. The van der Waals surface area contributed by atoms with Crippen molar-refractivity contribution in [3.63, 3.8) is 0 Å². The molecule has 1 nitrogen and oxygen atoms in total. The molecule has 0 radical (unpaired) electrons. The minimum atomic E-state index is -1.93. The lowest BCUT2D eigenvalue weighted by Crippen LogP contribution is -1.94. The van der Waals surface area contributed by atoms with E-state index in [1.54, 1.807) is 0 Å². The van der Waals surface area contributed by atoms with Gasteiger partial charge in [0.1, 0.15) is 7.14 Å². The Kier molecular flexibility index (Phi) is 5.48. The fraction of sp³-hybridized carbons (Fsp3) is 1.00. The third-order valence-corrected chi connectivity index (χ3v) is 5.75. The van der Waals surface area contributed by atoms with Crippen molar-refractivity contribution in [2.45, 2.75) is 26.7 Å². The maximum absolute atomic E-state index is 11.7. The summed E-state index contributed by atoms with van der Waals surface area (Å²) in [5, 5.41) is 0. The van der Waals surface area contributed by atoms with Crippen molar-refractivity contribution in [3.8, 4) is 0 Å². The third kappa shape index (κ3) is 3.63. The van der Waals surface area contributed by atoms with Crippen LogP contribution in [0.2, 0.25) is 0 Å². The van der Waals surface area contributed by atoms with Gasteiger partial charge in [0.25, 0.3) is 0 Å². The molecule has 0 spiro atoms. The van der Waals surface area contributed by atoms with Crippen molar-refractivity contribution in [3.05, 3.63) is 0 Å². The predicted octanol–water partition coefficient (Wildman–Crippen LogP) is 3.37. The highest BCUT2D eigenvalue weighted by Gasteiger charge is 2.17. The van der Waals surface area contributed by atoms with Crippen LogP contribution in [0.15, 0.2) is 0 Å². The molecule has 0 aromatic carbocycles. The first-order valence-electron chi connectivity index (χ1n) is 3.81. The van der Waals surface area contributed by atoms with Gasteiger partial charge in [-0.3, -0.25) is 0 Å². The third-order valence-electron chi connectivity index (χ3n) is 1.48. The van der Waals surface area contributed by atoms with Gasteiger partial charge in [-0.25, -0.2) is 0 Å². The quantitative estimate of drug-likeness (QED) is 0.471. The van der Waals surface area contributed by atoms with Crippen molar-refractivity contribution >= 4 is 18.7 Å². The standard InChI is InChI=1S/C7H16ClOP/c1-3-5-10(9,7-8)6-4-2/h3-7H2,1-2H3. The lowest BCUT2D eigenvalue weighted by atomic mass is 10.6. The highest BCUT2D eigenvalue weighted by atomic mass is 35.5. The van der Waals surface area contributed by atoms with Crippen molar-refractivity contribution in [1.82, 2.24) is 0 Å². The zero-order chi connectivity index (χ0) is 8.04. The molecule has 0 saturated carbocycles. The van der Waals surface area contributed by atoms with Gasteiger partial charge in [-0.1, -0.05) is 13.8 Å². The Morgan fingerprint density at radius 1 is 1.20 bits per heavy atom. The van der Waals surface area contributed by atoms with Crippen LogP contribution in [0.1, 0.15) is 26.7 Å². The van der Waals surface area contributed by atoms with E-state index >= 15 is 0 Å². The highest BCUT2D eigenvalue weighted by Crippen LogP contribution is 2.47. The average molecular weight is 183 g/mol. The van der Waals surface area contributed by atoms with E-state index in [9.17, 15) is 4.57 Å². The summed E-state index contributed by atoms with van der Waals surface area (Å²) in [5.41, 5.74) is 0.370. The first-order valence-corrected chi connectivity index (χ1v) is 6.61. The van der Waals surface area contributed by atoms with E-state index in [1.165, 1.54) is 0 Å². The maximum atomic E-state index is 11.7. The van der Waals surface area contributed by atoms with Gasteiger partial charge in [0.15, 0.2) is 0 Å². The molecule has 0 amide bonds. The molecule has 0 aromatic rings. The largest absolute Gasteiger partial charge is 0.322 e. The molecule has 0 bridgehead atoms. The van der Waals surface area contributed by atoms with E-state index in [1.807, 2.05) is 0 Å². The number of alkyl halides is 1. The van der Waals surface area contributed by atoms with Gasteiger partial charge in [-0.15, -0.1) is 11.6 Å². The minimum absolute atomic E-state index is 0.370. The smallest absolute Gasteiger partial charge is 0.102 e. The van der Waals surface area contributed by atoms with Crippen LogP contribution in [0.3, 0.4) is 0 Å². The Hall–Kier alpha value is 0.520. The molecule has 0 heterocycles. The topological polar surface area (TPSA) is 17.1 Å². The number of hydrogen-bond donors (Lipinski definition) is 0. The summed E-state index contributed by atoms with van der Waals surface area (Å²) in [4.78, 5) is 0. The lowest BCUT2D eigenvalue weighted by Gasteiger charge is -2.11. The van der Waals surface area contributed by atoms with Gasteiger partial charge in [0, 0.05) is 12.3 Å². The number of rotatable bonds is 5. The summed E-state index contributed by atoms with van der Waals surface area (Å²) in [6, 6.07) is 0. The van der Waals surface area contributed by atoms with Crippen molar-refractivity contribution in [2.24, 2.45) is 0 Å². The molecule has 3 heteroatoms. The monoisotopic (exact) mass is 182 g/mol. The Balaban J connectivity index is 3.83. The second-order valence-corrected chi connectivity index (χ2v) is 6.59. The van der Waals surface area contributed by atoms with Crippen LogP contribution in [0, 0.1) is 0 Å².